The van der Waals surface area contributed by atoms with E-state index in [1.54, 1.807) is 11.6 Å². The second-order valence-electron chi connectivity index (χ2n) is 3.98. The lowest BCUT2D eigenvalue weighted by molar-refractivity contribution is 0.412. The third-order valence-corrected chi connectivity index (χ3v) is 3.50. The van der Waals surface area contributed by atoms with Crippen molar-refractivity contribution in [2.24, 2.45) is 0 Å². The summed E-state index contributed by atoms with van der Waals surface area (Å²) in [6.45, 7) is 2.01. The molecule has 2 aromatic heterocycles. The molecule has 3 aromatic rings. The standard InChI is InChI=1S/C12H12N4OS/c1-7-5-8(3-4-10(7)17-2)9-6-16-12(14-9)18-11(13)15-16/h3-6H,1-2H3,(H2,13,15). The van der Waals surface area contributed by atoms with E-state index in [4.69, 9.17) is 10.5 Å². The van der Waals surface area contributed by atoms with Crippen LogP contribution in [-0.4, -0.2) is 21.7 Å². The van der Waals surface area contributed by atoms with Crippen LogP contribution in [0.1, 0.15) is 5.56 Å². The Balaban J connectivity index is 2.08. The second-order valence-corrected chi connectivity index (χ2v) is 4.97. The molecule has 0 bridgehead atoms. The molecule has 0 aliphatic heterocycles. The zero-order valence-corrected chi connectivity index (χ0v) is 10.9. The molecule has 0 saturated carbocycles. The second kappa shape index (κ2) is 3.99. The third kappa shape index (κ3) is 1.70. The summed E-state index contributed by atoms with van der Waals surface area (Å²) in [5.74, 6) is 0.877. The Labute approximate surface area is 108 Å². The van der Waals surface area contributed by atoms with Gasteiger partial charge in [0.1, 0.15) is 5.75 Å². The van der Waals surface area contributed by atoms with Gasteiger partial charge in [0.25, 0.3) is 0 Å². The summed E-state index contributed by atoms with van der Waals surface area (Å²) in [6, 6.07) is 5.98. The summed E-state index contributed by atoms with van der Waals surface area (Å²) in [5.41, 5.74) is 8.63. The SMILES string of the molecule is COc1ccc(-c2cn3nc(N)sc3n2)cc1C. The minimum absolute atomic E-state index is 0.523. The Morgan fingerprint density at radius 3 is 2.89 bits per heavy atom. The molecule has 5 nitrogen and oxygen atoms in total. The van der Waals surface area contributed by atoms with Gasteiger partial charge in [-0.25, -0.2) is 9.50 Å². The van der Waals surface area contributed by atoms with Crippen molar-refractivity contribution in [3.63, 3.8) is 0 Å². The highest BCUT2D eigenvalue weighted by Gasteiger charge is 2.09. The first kappa shape index (κ1) is 11.0. The van der Waals surface area contributed by atoms with Gasteiger partial charge in [0.2, 0.25) is 10.1 Å². The van der Waals surface area contributed by atoms with E-state index in [-0.39, 0.29) is 0 Å². The molecule has 2 heterocycles. The number of aryl methyl sites for hydroxylation is 1. The average Bonchev–Trinajstić information content (AvgIpc) is 2.85. The molecule has 0 spiro atoms. The Kier molecular flexibility index (Phi) is 2.45. The summed E-state index contributed by atoms with van der Waals surface area (Å²) in [7, 11) is 1.67. The molecule has 3 rings (SSSR count). The molecule has 0 unspecified atom stereocenters. The highest BCUT2D eigenvalue weighted by atomic mass is 32.1. The van der Waals surface area contributed by atoms with E-state index >= 15 is 0 Å². The van der Waals surface area contributed by atoms with Crippen LogP contribution in [0.3, 0.4) is 0 Å². The van der Waals surface area contributed by atoms with Crippen molar-refractivity contribution in [1.29, 1.82) is 0 Å². The van der Waals surface area contributed by atoms with Crippen LogP contribution in [0.15, 0.2) is 24.4 Å². The van der Waals surface area contributed by atoms with Crippen molar-refractivity contribution < 1.29 is 4.74 Å². The number of fused-ring (bicyclic) bond motifs is 1. The maximum absolute atomic E-state index is 5.62. The van der Waals surface area contributed by atoms with Crippen molar-refractivity contribution in [2.75, 3.05) is 12.8 Å². The molecule has 1 aromatic carbocycles. The van der Waals surface area contributed by atoms with Gasteiger partial charge >= 0.3 is 0 Å². The van der Waals surface area contributed by atoms with Crippen molar-refractivity contribution in [3.8, 4) is 17.0 Å². The highest BCUT2D eigenvalue weighted by molar-refractivity contribution is 7.20. The number of aromatic nitrogens is 3. The molecular weight excluding hydrogens is 248 g/mol. The summed E-state index contributed by atoms with van der Waals surface area (Å²) < 4.78 is 6.95. The maximum atomic E-state index is 5.62. The number of hydrogen-bond acceptors (Lipinski definition) is 5. The van der Waals surface area contributed by atoms with Crippen LogP contribution in [0.25, 0.3) is 16.2 Å². The van der Waals surface area contributed by atoms with Crippen LogP contribution in [-0.2, 0) is 0 Å². The molecular formula is C12H12N4OS. The number of imidazole rings is 1. The van der Waals surface area contributed by atoms with Gasteiger partial charge in [-0.05, 0) is 30.7 Å². The van der Waals surface area contributed by atoms with E-state index in [0.29, 0.717) is 5.13 Å². The van der Waals surface area contributed by atoms with E-state index in [2.05, 4.69) is 16.1 Å². The Morgan fingerprint density at radius 1 is 1.39 bits per heavy atom. The van der Waals surface area contributed by atoms with E-state index in [1.165, 1.54) is 11.3 Å². The number of rotatable bonds is 2. The summed E-state index contributed by atoms with van der Waals surface area (Å²) in [6.07, 6.45) is 1.88. The van der Waals surface area contributed by atoms with Crippen LogP contribution in [0.2, 0.25) is 0 Å². The quantitative estimate of drug-likeness (QED) is 0.768. The molecule has 0 saturated heterocycles. The van der Waals surface area contributed by atoms with Crippen molar-refractivity contribution in [1.82, 2.24) is 14.6 Å². The number of nitrogens with two attached hydrogens (primary N) is 1. The van der Waals surface area contributed by atoms with Gasteiger partial charge in [-0.15, -0.1) is 5.10 Å². The van der Waals surface area contributed by atoms with Gasteiger partial charge in [0.15, 0.2) is 0 Å². The summed E-state index contributed by atoms with van der Waals surface area (Å²) >= 11 is 1.37. The number of benzene rings is 1. The number of nitrogen functional groups attached to an aromatic ring is 1. The fourth-order valence-electron chi connectivity index (χ4n) is 1.89. The normalized spacial score (nSPS) is 11.0. The largest absolute Gasteiger partial charge is 0.496 e. The van der Waals surface area contributed by atoms with E-state index in [9.17, 15) is 0 Å². The van der Waals surface area contributed by atoms with Crippen molar-refractivity contribution >= 4 is 21.4 Å². The predicted molar refractivity (Wildman–Crippen MR) is 72.0 cm³/mol. The number of nitrogens with zero attached hydrogens (tertiary/aromatic N) is 3. The summed E-state index contributed by atoms with van der Waals surface area (Å²) in [5, 5.41) is 4.66. The smallest absolute Gasteiger partial charge is 0.214 e. The molecule has 2 N–H and O–H groups in total. The minimum Gasteiger partial charge on any atom is -0.496 e. The molecule has 0 aliphatic carbocycles. The van der Waals surface area contributed by atoms with Gasteiger partial charge in [-0.1, -0.05) is 11.3 Å². The molecule has 0 atom stereocenters. The van der Waals surface area contributed by atoms with Crippen molar-refractivity contribution in [2.45, 2.75) is 6.92 Å². The fourth-order valence-corrected chi connectivity index (χ4v) is 2.54. The number of hydrogen-bond donors (Lipinski definition) is 1. The van der Waals surface area contributed by atoms with Gasteiger partial charge in [-0.2, -0.15) is 0 Å². The maximum Gasteiger partial charge on any atom is 0.214 e. The molecule has 0 aliphatic rings. The average molecular weight is 260 g/mol. The molecule has 0 amide bonds. The lowest BCUT2D eigenvalue weighted by Crippen LogP contribution is -1.88. The minimum atomic E-state index is 0.523. The number of methoxy groups -OCH3 is 1. The Bertz CT molecular complexity index is 685. The molecule has 0 radical (unpaired) electrons. The lowest BCUT2D eigenvalue weighted by Gasteiger charge is -2.05. The van der Waals surface area contributed by atoms with Crippen LogP contribution in [0, 0.1) is 6.92 Å². The van der Waals surface area contributed by atoms with Gasteiger partial charge in [0, 0.05) is 5.56 Å². The van der Waals surface area contributed by atoms with Crippen molar-refractivity contribution in [3.05, 3.63) is 30.0 Å². The zero-order valence-electron chi connectivity index (χ0n) is 10.0. The zero-order chi connectivity index (χ0) is 12.7. The molecule has 92 valence electrons. The fraction of sp³-hybridized carbons (Fsp3) is 0.167. The van der Waals surface area contributed by atoms with Gasteiger partial charge in [-0.3, -0.25) is 0 Å². The summed E-state index contributed by atoms with van der Waals surface area (Å²) in [4.78, 5) is 5.30. The van der Waals surface area contributed by atoms with Gasteiger partial charge in [0.05, 0.1) is 19.0 Å². The van der Waals surface area contributed by atoms with Crippen LogP contribution < -0.4 is 10.5 Å². The first-order chi connectivity index (χ1) is 8.67. The third-order valence-electron chi connectivity index (χ3n) is 2.75. The molecule has 6 heteroatoms. The number of ether oxygens (including phenoxy) is 1. The first-order valence-corrected chi connectivity index (χ1v) is 6.26. The molecule has 0 fully saturated rings. The number of anilines is 1. The van der Waals surface area contributed by atoms with Gasteiger partial charge < -0.3 is 10.5 Å². The van der Waals surface area contributed by atoms with Crippen LogP contribution >= 0.6 is 11.3 Å². The molecule has 18 heavy (non-hydrogen) atoms. The van der Waals surface area contributed by atoms with Crippen LogP contribution in [0.4, 0.5) is 5.13 Å². The monoisotopic (exact) mass is 260 g/mol. The topological polar surface area (TPSA) is 65.4 Å². The lowest BCUT2D eigenvalue weighted by atomic mass is 10.1. The van der Waals surface area contributed by atoms with E-state index in [0.717, 1.165) is 27.5 Å². The Morgan fingerprint density at radius 2 is 2.22 bits per heavy atom. The van der Waals surface area contributed by atoms with E-state index in [1.807, 2.05) is 25.3 Å². The Hall–Kier alpha value is -2.08. The highest BCUT2D eigenvalue weighted by Crippen LogP contribution is 2.27. The predicted octanol–water partition coefficient (Wildman–Crippen LogP) is 2.36. The van der Waals surface area contributed by atoms with E-state index < -0.39 is 0 Å². The first-order valence-electron chi connectivity index (χ1n) is 5.44. The van der Waals surface area contributed by atoms with Crippen LogP contribution in [0.5, 0.6) is 5.75 Å².